The van der Waals surface area contributed by atoms with Crippen LogP contribution < -0.4 is 0 Å². The number of esters is 1. The van der Waals surface area contributed by atoms with Crippen molar-refractivity contribution in [2.45, 2.75) is 52.7 Å². The van der Waals surface area contributed by atoms with E-state index in [0.29, 0.717) is 0 Å². The maximum Gasteiger partial charge on any atom is 0.349 e. The molecule has 5 nitrogen and oxygen atoms in total. The molecule has 0 amide bonds. The first-order chi connectivity index (χ1) is 8.18. The quantitative estimate of drug-likeness (QED) is 0.427. The number of rotatable bonds is 5. The van der Waals surface area contributed by atoms with Gasteiger partial charge in [-0.1, -0.05) is 0 Å². The van der Waals surface area contributed by atoms with Crippen molar-refractivity contribution in [1.29, 1.82) is 5.26 Å². The van der Waals surface area contributed by atoms with Crippen molar-refractivity contribution >= 4 is 12.3 Å². The van der Waals surface area contributed by atoms with Gasteiger partial charge in [0.05, 0.1) is 6.34 Å². The summed E-state index contributed by atoms with van der Waals surface area (Å²) in [5.41, 5.74) is -2.12. The lowest BCUT2D eigenvalue weighted by Crippen LogP contribution is -2.39. The standard InChI is InChI=1S/C13H23N3O2/c1-7-16(8-2)10-15-13(6,9-14)11(17)18-12(3,4)5/h10H,7-8H2,1-6H3. The van der Waals surface area contributed by atoms with Gasteiger partial charge in [0.1, 0.15) is 11.7 Å². The number of ether oxygens (including phenoxy) is 1. The Morgan fingerprint density at radius 1 is 1.33 bits per heavy atom. The van der Waals surface area contributed by atoms with E-state index in [4.69, 9.17) is 10.00 Å². The van der Waals surface area contributed by atoms with Crippen molar-refractivity contribution in [3.8, 4) is 6.07 Å². The van der Waals surface area contributed by atoms with Crippen molar-refractivity contribution in [2.75, 3.05) is 13.1 Å². The van der Waals surface area contributed by atoms with E-state index in [9.17, 15) is 4.79 Å². The number of nitrogens with zero attached hydrogens (tertiary/aromatic N) is 3. The van der Waals surface area contributed by atoms with Gasteiger partial charge < -0.3 is 9.64 Å². The van der Waals surface area contributed by atoms with E-state index >= 15 is 0 Å². The van der Waals surface area contributed by atoms with Gasteiger partial charge in [0, 0.05) is 13.1 Å². The van der Waals surface area contributed by atoms with E-state index in [1.54, 1.807) is 20.8 Å². The van der Waals surface area contributed by atoms with Gasteiger partial charge in [-0.2, -0.15) is 5.26 Å². The highest BCUT2D eigenvalue weighted by atomic mass is 16.6. The first kappa shape index (κ1) is 16.4. The van der Waals surface area contributed by atoms with Crippen molar-refractivity contribution in [3.05, 3.63) is 0 Å². The summed E-state index contributed by atoms with van der Waals surface area (Å²) in [5, 5.41) is 9.13. The second kappa shape index (κ2) is 6.39. The van der Waals surface area contributed by atoms with Crippen molar-refractivity contribution in [3.63, 3.8) is 0 Å². The van der Waals surface area contributed by atoms with Gasteiger partial charge in [-0.3, -0.25) is 0 Å². The van der Waals surface area contributed by atoms with Crippen LogP contribution in [0.15, 0.2) is 4.99 Å². The van der Waals surface area contributed by atoms with E-state index < -0.39 is 17.1 Å². The monoisotopic (exact) mass is 253 g/mol. The summed E-state index contributed by atoms with van der Waals surface area (Å²) in [6.07, 6.45) is 1.53. The zero-order chi connectivity index (χ0) is 14.4. The largest absolute Gasteiger partial charge is 0.457 e. The maximum absolute atomic E-state index is 11.9. The zero-order valence-electron chi connectivity index (χ0n) is 12.1. The van der Waals surface area contributed by atoms with E-state index in [1.807, 2.05) is 24.8 Å². The molecule has 0 N–H and O–H groups in total. The van der Waals surface area contributed by atoms with Crippen molar-refractivity contribution in [2.24, 2.45) is 4.99 Å². The fraction of sp³-hybridized carbons (Fsp3) is 0.769. The molecule has 5 heteroatoms. The third-order valence-corrected chi connectivity index (χ3v) is 2.31. The summed E-state index contributed by atoms with van der Waals surface area (Å²) >= 11 is 0. The highest BCUT2D eigenvalue weighted by Crippen LogP contribution is 2.17. The zero-order valence-corrected chi connectivity index (χ0v) is 12.1. The smallest absolute Gasteiger partial charge is 0.349 e. The van der Waals surface area contributed by atoms with E-state index in [1.165, 1.54) is 13.3 Å². The third-order valence-electron chi connectivity index (χ3n) is 2.31. The average Bonchev–Trinajstić information content (AvgIpc) is 2.27. The van der Waals surface area contributed by atoms with Crippen LogP contribution in [0.4, 0.5) is 0 Å². The molecule has 0 aliphatic heterocycles. The first-order valence-corrected chi connectivity index (χ1v) is 6.12. The van der Waals surface area contributed by atoms with E-state index in [-0.39, 0.29) is 0 Å². The minimum Gasteiger partial charge on any atom is -0.457 e. The minimum absolute atomic E-state index is 0.624. The molecule has 0 aliphatic carbocycles. The van der Waals surface area contributed by atoms with Crippen LogP contribution in [0.2, 0.25) is 0 Å². The lowest BCUT2D eigenvalue weighted by Gasteiger charge is -2.25. The van der Waals surface area contributed by atoms with Crippen LogP contribution >= 0.6 is 0 Å². The second-order valence-corrected chi connectivity index (χ2v) is 5.15. The predicted molar refractivity (Wildman–Crippen MR) is 71.3 cm³/mol. The molecule has 0 rings (SSSR count). The molecule has 0 heterocycles. The average molecular weight is 253 g/mol. The Bertz CT molecular complexity index is 348. The van der Waals surface area contributed by atoms with Crippen LogP contribution in [0.3, 0.4) is 0 Å². The van der Waals surface area contributed by atoms with Crippen LogP contribution in [0.1, 0.15) is 41.5 Å². The fourth-order valence-electron chi connectivity index (χ4n) is 1.09. The Morgan fingerprint density at radius 3 is 2.17 bits per heavy atom. The summed E-state index contributed by atoms with van der Waals surface area (Å²) in [5.74, 6) is -0.624. The number of carbonyl (C=O) groups is 1. The second-order valence-electron chi connectivity index (χ2n) is 5.15. The molecule has 1 atom stereocenters. The molecular weight excluding hydrogens is 230 g/mol. The number of hydrogen-bond donors (Lipinski definition) is 0. The number of carbonyl (C=O) groups excluding carboxylic acids is 1. The maximum atomic E-state index is 11.9. The predicted octanol–water partition coefficient (Wildman–Crippen LogP) is 1.98. The SMILES string of the molecule is CCN(C=NC(C)(C#N)C(=O)OC(C)(C)C)CC. The molecule has 0 fully saturated rings. The van der Waals surface area contributed by atoms with Gasteiger partial charge in [-0.05, 0) is 41.5 Å². The molecule has 0 aromatic carbocycles. The van der Waals surface area contributed by atoms with Crippen LogP contribution in [0.25, 0.3) is 0 Å². The van der Waals surface area contributed by atoms with Gasteiger partial charge in [-0.25, -0.2) is 9.79 Å². The van der Waals surface area contributed by atoms with Gasteiger partial charge in [-0.15, -0.1) is 0 Å². The van der Waals surface area contributed by atoms with Crippen LogP contribution in [-0.2, 0) is 9.53 Å². The number of nitriles is 1. The molecule has 1 unspecified atom stereocenters. The molecule has 18 heavy (non-hydrogen) atoms. The first-order valence-electron chi connectivity index (χ1n) is 6.12. The summed E-state index contributed by atoms with van der Waals surface area (Å²) in [6.45, 7) is 12.2. The van der Waals surface area contributed by atoms with Gasteiger partial charge >= 0.3 is 5.97 Å². The molecule has 0 radical (unpaired) electrons. The fourth-order valence-corrected chi connectivity index (χ4v) is 1.09. The molecule has 0 saturated carbocycles. The topological polar surface area (TPSA) is 65.7 Å². The Kier molecular flexibility index (Phi) is 5.83. The Morgan fingerprint density at radius 2 is 1.83 bits per heavy atom. The molecule has 102 valence electrons. The molecule has 0 bridgehead atoms. The Labute approximate surface area is 109 Å². The lowest BCUT2D eigenvalue weighted by atomic mass is 10.1. The minimum atomic E-state index is -1.49. The highest BCUT2D eigenvalue weighted by molar-refractivity contribution is 5.86. The highest BCUT2D eigenvalue weighted by Gasteiger charge is 2.37. The van der Waals surface area contributed by atoms with Crippen molar-refractivity contribution < 1.29 is 9.53 Å². The van der Waals surface area contributed by atoms with Gasteiger partial charge in [0.15, 0.2) is 0 Å². The number of aliphatic imine (C=N–C) groups is 1. The van der Waals surface area contributed by atoms with Gasteiger partial charge in [0.25, 0.3) is 0 Å². The lowest BCUT2D eigenvalue weighted by molar-refractivity contribution is -0.158. The molecule has 0 spiro atoms. The Hall–Kier alpha value is -1.57. The van der Waals surface area contributed by atoms with E-state index in [2.05, 4.69) is 4.99 Å². The summed E-state index contributed by atoms with van der Waals surface area (Å²) < 4.78 is 5.20. The van der Waals surface area contributed by atoms with Crippen LogP contribution in [0, 0.1) is 11.3 Å². The summed E-state index contributed by atoms with van der Waals surface area (Å²) in [7, 11) is 0. The van der Waals surface area contributed by atoms with Crippen molar-refractivity contribution in [1.82, 2.24) is 4.90 Å². The Balaban J connectivity index is 4.92. The molecule has 0 aromatic heterocycles. The van der Waals surface area contributed by atoms with Gasteiger partial charge in [0.2, 0.25) is 5.54 Å². The number of hydrogen-bond acceptors (Lipinski definition) is 4. The summed E-state index contributed by atoms with van der Waals surface area (Å²) in [4.78, 5) is 17.9. The molecule has 0 aliphatic rings. The van der Waals surface area contributed by atoms with Crippen LogP contribution in [0.5, 0.6) is 0 Å². The van der Waals surface area contributed by atoms with Crippen LogP contribution in [-0.4, -0.2) is 41.4 Å². The molecule has 0 saturated heterocycles. The summed E-state index contributed by atoms with van der Waals surface area (Å²) in [6, 6.07) is 1.91. The van der Waals surface area contributed by atoms with E-state index in [0.717, 1.165) is 13.1 Å². The molecular formula is C13H23N3O2. The molecule has 0 aromatic rings. The third kappa shape index (κ3) is 5.17. The normalized spacial score (nSPS) is 14.9.